The number of benzene rings is 2. The Kier molecular flexibility index (Phi) is 16.8. The summed E-state index contributed by atoms with van der Waals surface area (Å²) in [6.45, 7) is 7.99. The number of aliphatic hydroxyl groups is 1. The SMILES string of the molecule is CCCCCCCSCCCCCC/C=C/[C@H](C(=O)N1C(=O)SC(c2ccccc2)(c2ccccc2)[C@@H]1C(C)C)[C@@](O)(CCC)C(=O)O. The lowest BCUT2D eigenvalue weighted by molar-refractivity contribution is -0.169. The van der Waals surface area contributed by atoms with Crippen molar-refractivity contribution in [2.45, 2.75) is 121 Å². The van der Waals surface area contributed by atoms with Gasteiger partial charge in [0.15, 0.2) is 5.60 Å². The highest BCUT2D eigenvalue weighted by molar-refractivity contribution is 8.15. The van der Waals surface area contributed by atoms with Crippen LogP contribution < -0.4 is 0 Å². The molecule has 3 atom stereocenters. The quantitative estimate of drug-likeness (QED) is 0.0935. The molecule has 0 saturated carbocycles. The molecule has 2 N–H and O–H groups in total. The maximum atomic E-state index is 14.6. The molecule has 2 aromatic rings. The summed E-state index contributed by atoms with van der Waals surface area (Å²) in [5, 5.41) is 21.5. The third-order valence-corrected chi connectivity index (χ3v) is 11.9. The Bertz CT molecular complexity index is 1260. The molecule has 0 unspecified atom stereocenters. The lowest BCUT2D eigenvalue weighted by atomic mass is 9.77. The lowest BCUT2D eigenvalue weighted by Crippen LogP contribution is -2.56. The number of allylic oxidation sites excluding steroid dienone is 1. The minimum absolute atomic E-state index is 0.108. The van der Waals surface area contributed by atoms with E-state index in [1.165, 1.54) is 54.9 Å². The highest BCUT2D eigenvalue weighted by atomic mass is 32.2. The molecule has 0 bridgehead atoms. The fourth-order valence-corrected chi connectivity index (χ4v) is 9.47. The molecule has 1 aliphatic rings. The number of unbranched alkanes of at least 4 members (excludes halogenated alkanes) is 8. The number of carbonyl (C=O) groups is 3. The third-order valence-electron chi connectivity index (χ3n) is 9.33. The summed E-state index contributed by atoms with van der Waals surface area (Å²) in [5.41, 5.74) is -0.557. The zero-order chi connectivity index (χ0) is 35.0. The number of aliphatic carboxylic acids is 1. The number of hydrogen-bond donors (Lipinski definition) is 2. The molecule has 6 nitrogen and oxygen atoms in total. The molecule has 0 radical (unpaired) electrons. The summed E-state index contributed by atoms with van der Waals surface area (Å²) >= 11 is 3.14. The van der Waals surface area contributed by atoms with Gasteiger partial charge < -0.3 is 10.2 Å². The normalized spacial score (nSPS) is 18.0. The number of carboxylic acids is 1. The number of rotatable bonds is 22. The summed E-state index contributed by atoms with van der Waals surface area (Å²) < 4.78 is -0.906. The standard InChI is InChI=1S/C40H57NO5S2/c1-5-7-8-12-21-29-47-30-22-13-10-9-11-20-27-34(39(46,28-6-2)37(43)44)36(42)41-35(31(3)4)40(48-38(41)45,32-23-16-14-17-24-32)33-25-18-15-19-26-33/h14-20,23-27,31,34-35,46H,5-13,21-22,28-30H2,1-4H3,(H,43,44)/b27-20+/t34-,35+,39+/m1/s1. The van der Waals surface area contributed by atoms with E-state index in [0.29, 0.717) is 12.8 Å². The van der Waals surface area contributed by atoms with Gasteiger partial charge in [-0.1, -0.05) is 145 Å². The van der Waals surface area contributed by atoms with Crippen LogP contribution in [0.5, 0.6) is 0 Å². The Labute approximate surface area is 297 Å². The van der Waals surface area contributed by atoms with Crippen LogP contribution in [0.15, 0.2) is 72.8 Å². The molecule has 0 aromatic heterocycles. The van der Waals surface area contributed by atoms with E-state index in [-0.39, 0.29) is 12.3 Å². The van der Waals surface area contributed by atoms with Crippen molar-refractivity contribution < 1.29 is 24.6 Å². The number of nitrogens with zero attached hydrogens (tertiary/aromatic N) is 1. The van der Waals surface area contributed by atoms with E-state index in [2.05, 4.69) is 6.92 Å². The molecule has 264 valence electrons. The summed E-state index contributed by atoms with van der Waals surface area (Å²) in [7, 11) is 0. The Balaban J connectivity index is 1.80. The molecule has 3 rings (SSSR count). The van der Waals surface area contributed by atoms with Crippen molar-refractivity contribution >= 4 is 40.6 Å². The first-order valence-corrected chi connectivity index (χ1v) is 20.0. The van der Waals surface area contributed by atoms with Gasteiger partial charge in [-0.05, 0) is 72.4 Å². The lowest BCUT2D eigenvalue weighted by Gasteiger charge is -2.41. The van der Waals surface area contributed by atoms with Crippen molar-refractivity contribution in [3.05, 3.63) is 83.9 Å². The van der Waals surface area contributed by atoms with Gasteiger partial charge in [0.2, 0.25) is 5.91 Å². The maximum absolute atomic E-state index is 14.6. The molecule has 2 aromatic carbocycles. The van der Waals surface area contributed by atoms with Crippen molar-refractivity contribution in [1.29, 1.82) is 0 Å². The van der Waals surface area contributed by atoms with Gasteiger partial charge in [-0.25, -0.2) is 4.79 Å². The van der Waals surface area contributed by atoms with Gasteiger partial charge in [-0.15, -0.1) is 0 Å². The van der Waals surface area contributed by atoms with E-state index in [1.54, 1.807) is 13.0 Å². The van der Waals surface area contributed by atoms with E-state index >= 15 is 0 Å². The zero-order valence-electron chi connectivity index (χ0n) is 29.4. The van der Waals surface area contributed by atoms with Crippen LogP contribution in [0.1, 0.15) is 116 Å². The van der Waals surface area contributed by atoms with Gasteiger partial charge in [0.25, 0.3) is 5.24 Å². The van der Waals surface area contributed by atoms with E-state index in [9.17, 15) is 24.6 Å². The summed E-state index contributed by atoms with van der Waals surface area (Å²) in [6.07, 6.45) is 15.2. The van der Waals surface area contributed by atoms with E-state index in [1.807, 2.05) is 92.3 Å². The Morgan fingerprint density at radius 3 is 1.92 bits per heavy atom. The van der Waals surface area contributed by atoms with Crippen LogP contribution in [-0.2, 0) is 14.3 Å². The van der Waals surface area contributed by atoms with Gasteiger partial charge in [-0.2, -0.15) is 11.8 Å². The Hall–Kier alpha value is -2.55. The average Bonchev–Trinajstić information content (AvgIpc) is 3.41. The third kappa shape index (κ3) is 10.0. The number of imide groups is 1. The Morgan fingerprint density at radius 1 is 0.875 bits per heavy atom. The zero-order valence-corrected chi connectivity index (χ0v) is 31.1. The van der Waals surface area contributed by atoms with Crippen molar-refractivity contribution in [3.8, 4) is 0 Å². The number of hydrogen-bond acceptors (Lipinski definition) is 6. The number of carboxylic acid groups (broad SMARTS) is 1. The van der Waals surface area contributed by atoms with Crippen LogP contribution in [0.4, 0.5) is 4.79 Å². The van der Waals surface area contributed by atoms with Gasteiger partial charge in [0.05, 0.1) is 16.7 Å². The largest absolute Gasteiger partial charge is 0.479 e. The second-order valence-electron chi connectivity index (χ2n) is 13.3. The molecule has 2 amide bonds. The first kappa shape index (κ1) is 39.9. The molecule has 1 saturated heterocycles. The Morgan fingerprint density at radius 2 is 1.42 bits per heavy atom. The van der Waals surface area contributed by atoms with Gasteiger partial charge in [0.1, 0.15) is 0 Å². The first-order valence-electron chi connectivity index (χ1n) is 18.0. The fourth-order valence-electron chi connectivity index (χ4n) is 6.87. The van der Waals surface area contributed by atoms with Crippen LogP contribution in [0, 0.1) is 11.8 Å². The van der Waals surface area contributed by atoms with E-state index in [4.69, 9.17) is 0 Å². The number of amides is 2. The number of carbonyl (C=O) groups excluding carboxylic acids is 2. The van der Waals surface area contributed by atoms with Crippen LogP contribution in [0.2, 0.25) is 0 Å². The highest BCUT2D eigenvalue weighted by Crippen LogP contribution is 2.56. The van der Waals surface area contributed by atoms with Gasteiger partial charge in [0, 0.05) is 0 Å². The predicted molar refractivity (Wildman–Crippen MR) is 201 cm³/mol. The molecular weight excluding hydrogens is 639 g/mol. The van der Waals surface area contributed by atoms with E-state index in [0.717, 1.165) is 42.2 Å². The summed E-state index contributed by atoms with van der Waals surface area (Å²) in [6, 6.07) is 18.9. The van der Waals surface area contributed by atoms with Crippen LogP contribution in [0.3, 0.4) is 0 Å². The summed E-state index contributed by atoms with van der Waals surface area (Å²) in [5.74, 6) is -1.28. The van der Waals surface area contributed by atoms with Gasteiger partial charge in [-0.3, -0.25) is 14.5 Å². The molecule has 48 heavy (non-hydrogen) atoms. The molecule has 1 fully saturated rings. The van der Waals surface area contributed by atoms with E-state index < -0.39 is 39.4 Å². The smallest absolute Gasteiger partial charge is 0.336 e. The average molecular weight is 696 g/mol. The maximum Gasteiger partial charge on any atom is 0.336 e. The molecule has 1 aliphatic heterocycles. The van der Waals surface area contributed by atoms with Crippen LogP contribution in [-0.4, -0.2) is 55.4 Å². The van der Waals surface area contributed by atoms with Crippen molar-refractivity contribution in [3.63, 3.8) is 0 Å². The topological polar surface area (TPSA) is 94.9 Å². The minimum Gasteiger partial charge on any atom is -0.479 e. The number of thioether (sulfide) groups is 2. The molecule has 0 aliphatic carbocycles. The van der Waals surface area contributed by atoms with Crippen molar-refractivity contribution in [2.75, 3.05) is 11.5 Å². The van der Waals surface area contributed by atoms with Gasteiger partial charge >= 0.3 is 5.97 Å². The van der Waals surface area contributed by atoms with Crippen molar-refractivity contribution in [1.82, 2.24) is 4.90 Å². The van der Waals surface area contributed by atoms with Crippen LogP contribution in [0.25, 0.3) is 0 Å². The molecule has 0 spiro atoms. The van der Waals surface area contributed by atoms with Crippen LogP contribution >= 0.6 is 23.5 Å². The minimum atomic E-state index is -2.34. The first-order chi connectivity index (χ1) is 23.1. The molecular formula is C40H57NO5S2. The van der Waals surface area contributed by atoms with Crippen molar-refractivity contribution in [2.24, 2.45) is 11.8 Å². The second-order valence-corrected chi connectivity index (χ2v) is 15.8. The monoisotopic (exact) mass is 695 g/mol. The highest BCUT2D eigenvalue weighted by Gasteiger charge is 2.60. The predicted octanol–water partition coefficient (Wildman–Crippen LogP) is 10.1. The second kappa shape index (κ2) is 20.2. The summed E-state index contributed by atoms with van der Waals surface area (Å²) in [4.78, 5) is 42.6. The molecule has 1 heterocycles. The molecule has 8 heteroatoms. The fraction of sp³-hybridized carbons (Fsp3) is 0.575.